The SMILES string of the molecule is CS(=O)(=O)c1cccc(-c2ccc(-c3cc(CN4CCCC(O)C4)nn3-c3ccccc3Cl)s2)c1. The number of thiophene rings is 1. The minimum absolute atomic E-state index is 0.295. The molecular formula is C26H26ClN3O3S2. The molecule has 0 amide bonds. The Morgan fingerprint density at radius 1 is 1.09 bits per heavy atom. The number of hydrogen-bond acceptors (Lipinski definition) is 6. The Balaban J connectivity index is 1.53. The van der Waals surface area contributed by atoms with Gasteiger partial charge in [-0.25, -0.2) is 13.1 Å². The fourth-order valence-corrected chi connectivity index (χ4v) is 6.29. The summed E-state index contributed by atoms with van der Waals surface area (Å²) >= 11 is 8.12. The quantitative estimate of drug-likeness (QED) is 0.369. The van der Waals surface area contributed by atoms with Crippen molar-refractivity contribution < 1.29 is 13.5 Å². The summed E-state index contributed by atoms with van der Waals surface area (Å²) in [5.41, 5.74) is 3.47. The predicted molar refractivity (Wildman–Crippen MR) is 141 cm³/mol. The number of aliphatic hydroxyl groups excluding tert-OH is 1. The van der Waals surface area contributed by atoms with E-state index in [-0.39, 0.29) is 6.10 Å². The van der Waals surface area contributed by atoms with E-state index in [1.165, 1.54) is 6.26 Å². The first kappa shape index (κ1) is 24.2. The summed E-state index contributed by atoms with van der Waals surface area (Å²) in [7, 11) is -3.29. The van der Waals surface area contributed by atoms with Gasteiger partial charge in [-0.1, -0.05) is 35.9 Å². The van der Waals surface area contributed by atoms with Crippen LogP contribution < -0.4 is 0 Å². The molecule has 0 spiro atoms. The Hall–Kier alpha value is -2.49. The van der Waals surface area contributed by atoms with Crippen molar-refractivity contribution in [1.82, 2.24) is 14.7 Å². The number of nitrogens with zero attached hydrogens (tertiary/aromatic N) is 3. The molecule has 6 nitrogen and oxygen atoms in total. The smallest absolute Gasteiger partial charge is 0.175 e. The van der Waals surface area contributed by atoms with Gasteiger partial charge in [-0.2, -0.15) is 5.10 Å². The van der Waals surface area contributed by atoms with Gasteiger partial charge in [0.2, 0.25) is 0 Å². The molecule has 4 aromatic rings. The second kappa shape index (κ2) is 9.87. The molecule has 182 valence electrons. The van der Waals surface area contributed by atoms with E-state index in [0.29, 0.717) is 23.0 Å². The van der Waals surface area contributed by atoms with E-state index in [9.17, 15) is 13.5 Å². The van der Waals surface area contributed by atoms with Crippen LogP contribution in [-0.2, 0) is 16.4 Å². The molecule has 1 aliphatic heterocycles. The van der Waals surface area contributed by atoms with Gasteiger partial charge in [0.25, 0.3) is 0 Å². The highest BCUT2D eigenvalue weighted by atomic mass is 35.5. The number of β-amino-alcohol motifs (C(OH)–C–C–N with tert-alkyl or cyclic N) is 1. The Morgan fingerprint density at radius 2 is 1.89 bits per heavy atom. The van der Waals surface area contributed by atoms with Crippen molar-refractivity contribution in [3.05, 3.63) is 77.4 Å². The third kappa shape index (κ3) is 5.37. The van der Waals surface area contributed by atoms with Crippen LogP contribution in [0.15, 0.2) is 71.6 Å². The number of halogens is 1. The molecule has 1 unspecified atom stereocenters. The minimum atomic E-state index is -3.29. The summed E-state index contributed by atoms with van der Waals surface area (Å²) in [4.78, 5) is 4.51. The third-order valence-electron chi connectivity index (χ3n) is 6.11. The summed E-state index contributed by atoms with van der Waals surface area (Å²) in [5, 5.41) is 15.6. The molecule has 35 heavy (non-hydrogen) atoms. The molecule has 5 rings (SSSR count). The van der Waals surface area contributed by atoms with E-state index in [0.717, 1.165) is 51.8 Å². The van der Waals surface area contributed by atoms with E-state index in [1.807, 2.05) is 47.1 Å². The largest absolute Gasteiger partial charge is 0.392 e. The van der Waals surface area contributed by atoms with Crippen LogP contribution in [0.2, 0.25) is 5.02 Å². The Labute approximate surface area is 214 Å². The van der Waals surface area contributed by atoms with Crippen molar-refractivity contribution >= 4 is 32.8 Å². The van der Waals surface area contributed by atoms with Gasteiger partial charge >= 0.3 is 0 Å². The Bertz CT molecular complexity index is 1460. The third-order valence-corrected chi connectivity index (χ3v) is 8.70. The Morgan fingerprint density at radius 3 is 2.66 bits per heavy atom. The molecule has 1 atom stereocenters. The van der Waals surface area contributed by atoms with Crippen molar-refractivity contribution in [2.45, 2.75) is 30.4 Å². The van der Waals surface area contributed by atoms with E-state index >= 15 is 0 Å². The number of sulfone groups is 1. The van der Waals surface area contributed by atoms with Gasteiger partial charge in [-0.15, -0.1) is 11.3 Å². The highest BCUT2D eigenvalue weighted by Gasteiger charge is 2.21. The maximum Gasteiger partial charge on any atom is 0.175 e. The maximum absolute atomic E-state index is 12.0. The van der Waals surface area contributed by atoms with Gasteiger partial charge in [-0.05, 0) is 67.4 Å². The van der Waals surface area contributed by atoms with Crippen molar-refractivity contribution in [3.8, 4) is 26.7 Å². The molecular weight excluding hydrogens is 502 g/mol. The molecule has 1 N–H and O–H groups in total. The summed E-state index contributed by atoms with van der Waals surface area (Å²) in [6.07, 6.45) is 2.74. The summed E-state index contributed by atoms with van der Waals surface area (Å²) < 4.78 is 25.9. The lowest BCUT2D eigenvalue weighted by Gasteiger charge is -2.29. The number of piperidine rings is 1. The van der Waals surface area contributed by atoms with Crippen LogP contribution in [0.1, 0.15) is 18.5 Å². The Kier molecular flexibility index (Phi) is 6.83. The van der Waals surface area contributed by atoms with Gasteiger partial charge in [0.1, 0.15) is 0 Å². The molecule has 0 aliphatic carbocycles. The zero-order valence-electron chi connectivity index (χ0n) is 19.3. The summed E-state index contributed by atoms with van der Waals surface area (Å²) in [5.74, 6) is 0. The molecule has 2 aromatic carbocycles. The van der Waals surface area contributed by atoms with Crippen molar-refractivity contribution in [3.63, 3.8) is 0 Å². The average Bonchev–Trinajstić information content (AvgIpc) is 3.46. The lowest BCUT2D eigenvalue weighted by molar-refractivity contribution is 0.0661. The van der Waals surface area contributed by atoms with Gasteiger partial charge in [0, 0.05) is 24.2 Å². The molecule has 3 heterocycles. The van der Waals surface area contributed by atoms with E-state index < -0.39 is 9.84 Å². The topological polar surface area (TPSA) is 75.4 Å². The van der Waals surface area contributed by atoms with E-state index in [2.05, 4.69) is 11.0 Å². The molecule has 0 radical (unpaired) electrons. The van der Waals surface area contributed by atoms with Gasteiger partial charge in [-0.3, -0.25) is 4.90 Å². The fraction of sp³-hybridized carbons (Fsp3) is 0.269. The number of likely N-dealkylation sites (tertiary alicyclic amines) is 1. The highest BCUT2D eigenvalue weighted by molar-refractivity contribution is 7.90. The van der Waals surface area contributed by atoms with Crippen LogP contribution >= 0.6 is 22.9 Å². The first-order valence-electron chi connectivity index (χ1n) is 11.4. The van der Waals surface area contributed by atoms with Gasteiger partial charge in [0.05, 0.1) is 38.0 Å². The normalized spacial score (nSPS) is 17.1. The molecule has 1 fully saturated rings. The second-order valence-electron chi connectivity index (χ2n) is 8.88. The standard InChI is InChI=1S/C26H26ClN3O3S2/c1-35(32,33)21-8-4-6-18(14-21)25-11-12-26(34-25)24-15-19(16-29-13-5-7-20(31)17-29)28-30(24)23-10-3-2-9-22(23)27/h2-4,6,8-12,14-15,20,31H,5,7,13,16-17H2,1H3. The highest BCUT2D eigenvalue weighted by Crippen LogP contribution is 2.37. The number of aliphatic hydroxyl groups is 1. The number of benzene rings is 2. The first-order chi connectivity index (χ1) is 16.8. The van der Waals surface area contributed by atoms with Crippen LogP contribution in [0.5, 0.6) is 0 Å². The van der Waals surface area contributed by atoms with Crippen LogP contribution in [-0.4, -0.2) is 53.7 Å². The van der Waals surface area contributed by atoms with Gasteiger partial charge < -0.3 is 5.11 Å². The molecule has 9 heteroatoms. The van der Waals surface area contributed by atoms with Crippen LogP contribution in [0, 0.1) is 0 Å². The van der Waals surface area contributed by atoms with Gasteiger partial charge in [0.15, 0.2) is 9.84 Å². The van der Waals surface area contributed by atoms with Crippen molar-refractivity contribution in [2.75, 3.05) is 19.3 Å². The predicted octanol–water partition coefficient (Wildman–Crippen LogP) is 5.28. The molecule has 1 saturated heterocycles. The summed E-state index contributed by atoms with van der Waals surface area (Å²) in [6.45, 7) is 2.23. The number of para-hydroxylation sites is 1. The molecule has 0 bridgehead atoms. The van der Waals surface area contributed by atoms with Crippen LogP contribution in [0.4, 0.5) is 0 Å². The number of aromatic nitrogens is 2. The van der Waals surface area contributed by atoms with Crippen molar-refractivity contribution in [1.29, 1.82) is 0 Å². The zero-order valence-corrected chi connectivity index (χ0v) is 21.7. The molecule has 2 aromatic heterocycles. The zero-order chi connectivity index (χ0) is 24.6. The lowest BCUT2D eigenvalue weighted by Crippen LogP contribution is -2.37. The van der Waals surface area contributed by atoms with Crippen LogP contribution in [0.3, 0.4) is 0 Å². The fourth-order valence-electron chi connectivity index (χ4n) is 4.40. The average molecular weight is 528 g/mol. The second-order valence-corrected chi connectivity index (χ2v) is 12.4. The van der Waals surface area contributed by atoms with Crippen molar-refractivity contribution in [2.24, 2.45) is 0 Å². The number of hydrogen-bond donors (Lipinski definition) is 1. The molecule has 0 saturated carbocycles. The summed E-state index contributed by atoms with van der Waals surface area (Å²) in [6, 6.07) is 20.7. The monoisotopic (exact) mass is 527 g/mol. The van der Waals surface area contributed by atoms with E-state index in [1.54, 1.807) is 29.5 Å². The van der Waals surface area contributed by atoms with E-state index in [4.69, 9.17) is 16.7 Å². The first-order valence-corrected chi connectivity index (χ1v) is 14.5. The molecule has 1 aliphatic rings. The lowest BCUT2D eigenvalue weighted by atomic mass is 10.1. The maximum atomic E-state index is 12.0. The minimum Gasteiger partial charge on any atom is -0.392 e. The number of rotatable bonds is 6. The van der Waals surface area contributed by atoms with Crippen LogP contribution in [0.25, 0.3) is 26.7 Å².